The van der Waals surface area contributed by atoms with Crippen LogP contribution in [-0.2, 0) is 27.8 Å². The molecule has 1 atom stereocenters. The van der Waals surface area contributed by atoms with Crippen LogP contribution in [-0.4, -0.2) is 25.4 Å². The highest BCUT2D eigenvalue weighted by molar-refractivity contribution is 7.89. The number of hydrogen-bond donors (Lipinski definition) is 2. The van der Waals surface area contributed by atoms with Gasteiger partial charge in [-0.25, -0.2) is 8.42 Å². The Morgan fingerprint density at radius 3 is 2.36 bits per heavy atom. The molecule has 0 spiro atoms. The molecule has 7 heteroatoms. The summed E-state index contributed by atoms with van der Waals surface area (Å²) < 4.78 is 29.3. The first kappa shape index (κ1) is 22.6. The number of benzene rings is 3. The fourth-order valence-corrected chi connectivity index (χ4v) is 4.97. The summed E-state index contributed by atoms with van der Waals surface area (Å²) in [6, 6.07) is 24.7. The van der Waals surface area contributed by atoms with E-state index in [1.54, 1.807) is 30.5 Å². The van der Waals surface area contributed by atoms with Gasteiger partial charge in [-0.3, -0.25) is 9.78 Å². The first-order valence-corrected chi connectivity index (χ1v) is 12.1. The lowest BCUT2D eigenvalue weighted by Crippen LogP contribution is -2.47. The molecule has 0 saturated carbocycles. The van der Waals surface area contributed by atoms with Crippen LogP contribution in [0.25, 0.3) is 10.9 Å². The number of pyridine rings is 1. The molecule has 1 amide bonds. The van der Waals surface area contributed by atoms with Crippen LogP contribution in [0.15, 0.2) is 96.0 Å². The Bertz CT molecular complexity index is 1350. The van der Waals surface area contributed by atoms with E-state index in [1.807, 2.05) is 61.5 Å². The van der Waals surface area contributed by atoms with Gasteiger partial charge in [-0.1, -0.05) is 78.4 Å². The zero-order chi connectivity index (χ0) is 23.3. The third kappa shape index (κ3) is 5.63. The number of carbonyl (C=O) groups excluding carboxylic acids is 1. The minimum Gasteiger partial charge on any atom is -0.351 e. The summed E-state index contributed by atoms with van der Waals surface area (Å²) in [6.45, 7) is 2.30. The molecule has 1 heterocycles. The van der Waals surface area contributed by atoms with Crippen molar-refractivity contribution in [2.45, 2.75) is 30.8 Å². The number of amides is 1. The number of fused-ring (bicyclic) bond motifs is 1. The molecule has 0 unspecified atom stereocenters. The molecule has 33 heavy (non-hydrogen) atoms. The van der Waals surface area contributed by atoms with Gasteiger partial charge < -0.3 is 5.32 Å². The van der Waals surface area contributed by atoms with Crippen LogP contribution >= 0.6 is 0 Å². The zero-order valence-electron chi connectivity index (χ0n) is 18.2. The Morgan fingerprint density at radius 2 is 1.61 bits per heavy atom. The molecular formula is C26H25N3O3S. The SMILES string of the molecule is Cc1ccc(CNC(=O)[C@H](Cc2ccccc2)NS(=O)(=O)c2cccc3cccnc23)cc1. The van der Waals surface area contributed by atoms with Gasteiger partial charge in [0.2, 0.25) is 15.9 Å². The van der Waals surface area contributed by atoms with Crippen molar-refractivity contribution in [3.8, 4) is 0 Å². The van der Waals surface area contributed by atoms with Crippen molar-refractivity contribution >= 4 is 26.8 Å². The third-order valence-electron chi connectivity index (χ3n) is 5.37. The molecular weight excluding hydrogens is 434 g/mol. The van der Waals surface area contributed by atoms with E-state index in [9.17, 15) is 13.2 Å². The number of nitrogens with zero attached hydrogens (tertiary/aromatic N) is 1. The van der Waals surface area contributed by atoms with E-state index in [4.69, 9.17) is 0 Å². The Hall–Kier alpha value is -3.55. The van der Waals surface area contributed by atoms with Crippen LogP contribution in [0, 0.1) is 6.92 Å². The lowest BCUT2D eigenvalue weighted by Gasteiger charge is -2.19. The van der Waals surface area contributed by atoms with Crippen LogP contribution in [0.5, 0.6) is 0 Å². The molecule has 0 aliphatic heterocycles. The maximum absolute atomic E-state index is 13.3. The smallest absolute Gasteiger partial charge is 0.243 e. The average molecular weight is 460 g/mol. The van der Waals surface area contributed by atoms with Crippen LogP contribution in [0.2, 0.25) is 0 Å². The van der Waals surface area contributed by atoms with Gasteiger partial charge in [0.25, 0.3) is 0 Å². The Balaban J connectivity index is 1.59. The number of nitrogens with one attached hydrogen (secondary N) is 2. The second kappa shape index (κ2) is 9.94. The molecule has 0 fully saturated rings. The summed E-state index contributed by atoms with van der Waals surface area (Å²) in [7, 11) is -4.01. The van der Waals surface area contributed by atoms with Gasteiger partial charge in [0.15, 0.2) is 0 Å². The first-order chi connectivity index (χ1) is 15.9. The summed E-state index contributed by atoms with van der Waals surface area (Å²) >= 11 is 0. The van der Waals surface area contributed by atoms with Gasteiger partial charge in [-0.2, -0.15) is 4.72 Å². The predicted octanol–water partition coefficient (Wildman–Crippen LogP) is 3.75. The van der Waals surface area contributed by atoms with Gasteiger partial charge in [0, 0.05) is 18.1 Å². The minimum atomic E-state index is -4.01. The number of rotatable bonds is 8. The summed E-state index contributed by atoms with van der Waals surface area (Å²) in [5.41, 5.74) is 3.29. The second-order valence-corrected chi connectivity index (χ2v) is 9.58. The van der Waals surface area contributed by atoms with Crippen LogP contribution in [0.3, 0.4) is 0 Å². The van der Waals surface area contributed by atoms with Crippen LogP contribution in [0.4, 0.5) is 0 Å². The van der Waals surface area contributed by atoms with E-state index >= 15 is 0 Å². The van der Waals surface area contributed by atoms with Gasteiger partial charge >= 0.3 is 0 Å². The largest absolute Gasteiger partial charge is 0.351 e. The van der Waals surface area contributed by atoms with Crippen LogP contribution in [0.1, 0.15) is 16.7 Å². The van der Waals surface area contributed by atoms with Crippen molar-refractivity contribution in [3.63, 3.8) is 0 Å². The topological polar surface area (TPSA) is 88.2 Å². The Labute approximate surface area is 193 Å². The van der Waals surface area contributed by atoms with Gasteiger partial charge in [0.1, 0.15) is 10.9 Å². The van der Waals surface area contributed by atoms with E-state index in [-0.39, 0.29) is 11.3 Å². The number of para-hydroxylation sites is 1. The number of aromatic nitrogens is 1. The monoisotopic (exact) mass is 459 g/mol. The Kier molecular flexibility index (Phi) is 6.82. The number of sulfonamides is 1. The average Bonchev–Trinajstić information content (AvgIpc) is 2.83. The lowest BCUT2D eigenvalue weighted by molar-refractivity contribution is -0.122. The van der Waals surface area contributed by atoms with Gasteiger partial charge in [-0.15, -0.1) is 0 Å². The van der Waals surface area contributed by atoms with E-state index in [0.717, 1.165) is 16.7 Å². The highest BCUT2D eigenvalue weighted by Gasteiger charge is 2.27. The first-order valence-electron chi connectivity index (χ1n) is 10.7. The van der Waals surface area contributed by atoms with Crippen LogP contribution < -0.4 is 10.0 Å². The predicted molar refractivity (Wildman–Crippen MR) is 129 cm³/mol. The van der Waals surface area contributed by atoms with Crippen molar-refractivity contribution in [2.75, 3.05) is 0 Å². The third-order valence-corrected chi connectivity index (χ3v) is 6.87. The number of hydrogen-bond acceptors (Lipinski definition) is 4. The molecule has 6 nitrogen and oxygen atoms in total. The van der Waals surface area contributed by atoms with E-state index < -0.39 is 22.0 Å². The normalized spacial score (nSPS) is 12.4. The van der Waals surface area contributed by atoms with E-state index in [2.05, 4.69) is 15.0 Å². The highest BCUT2D eigenvalue weighted by Crippen LogP contribution is 2.21. The van der Waals surface area contributed by atoms with E-state index in [0.29, 0.717) is 17.4 Å². The maximum Gasteiger partial charge on any atom is 0.243 e. The number of aryl methyl sites for hydroxylation is 1. The molecule has 0 aliphatic rings. The molecule has 168 valence electrons. The van der Waals surface area contributed by atoms with Crippen molar-refractivity contribution in [2.24, 2.45) is 0 Å². The molecule has 0 saturated heterocycles. The Morgan fingerprint density at radius 1 is 0.879 bits per heavy atom. The molecule has 0 aliphatic carbocycles. The fraction of sp³-hybridized carbons (Fsp3) is 0.154. The quantitative estimate of drug-likeness (QED) is 0.420. The fourth-order valence-electron chi connectivity index (χ4n) is 3.60. The van der Waals surface area contributed by atoms with Crippen molar-refractivity contribution < 1.29 is 13.2 Å². The van der Waals surface area contributed by atoms with Crippen molar-refractivity contribution in [3.05, 3.63) is 108 Å². The van der Waals surface area contributed by atoms with E-state index in [1.165, 1.54) is 6.07 Å². The summed E-state index contributed by atoms with van der Waals surface area (Å²) in [5.74, 6) is -0.392. The molecule has 0 bridgehead atoms. The molecule has 0 radical (unpaired) electrons. The standard InChI is InChI=1S/C26H25N3O3S/c1-19-12-14-21(15-13-19)18-28-26(30)23(17-20-7-3-2-4-8-20)29-33(31,32)24-11-5-9-22-10-6-16-27-25(22)24/h2-16,23,29H,17-18H2,1H3,(H,28,30)/t23-/m0/s1. The molecule has 4 rings (SSSR count). The van der Waals surface area contributed by atoms with Gasteiger partial charge in [0.05, 0.1) is 5.52 Å². The molecule has 4 aromatic rings. The molecule has 2 N–H and O–H groups in total. The second-order valence-electron chi connectivity index (χ2n) is 7.90. The lowest BCUT2D eigenvalue weighted by atomic mass is 10.1. The van der Waals surface area contributed by atoms with Gasteiger partial charge in [-0.05, 0) is 36.6 Å². The maximum atomic E-state index is 13.3. The zero-order valence-corrected chi connectivity index (χ0v) is 19.0. The van der Waals surface area contributed by atoms with Crippen molar-refractivity contribution in [1.29, 1.82) is 0 Å². The summed E-state index contributed by atoms with van der Waals surface area (Å²) in [6.07, 6.45) is 1.77. The summed E-state index contributed by atoms with van der Waals surface area (Å²) in [4.78, 5) is 17.4. The molecule has 3 aromatic carbocycles. The van der Waals surface area contributed by atoms with Crippen molar-refractivity contribution in [1.82, 2.24) is 15.0 Å². The molecule has 1 aromatic heterocycles. The minimum absolute atomic E-state index is 0.0463. The number of carbonyl (C=O) groups is 1. The summed E-state index contributed by atoms with van der Waals surface area (Å²) in [5, 5.41) is 3.58. The highest BCUT2D eigenvalue weighted by atomic mass is 32.2.